The van der Waals surface area contributed by atoms with E-state index >= 15 is 0 Å². The van der Waals surface area contributed by atoms with Crippen molar-refractivity contribution >= 4 is 23.4 Å². The van der Waals surface area contributed by atoms with E-state index in [2.05, 4.69) is 5.32 Å². The smallest absolute Gasteiger partial charge is 0.244 e. The van der Waals surface area contributed by atoms with Crippen LogP contribution in [0.4, 0.5) is 5.69 Å². The fourth-order valence-corrected chi connectivity index (χ4v) is 4.63. The molecular weight excluding hydrogens is 380 g/mol. The van der Waals surface area contributed by atoms with Gasteiger partial charge in [-0.1, -0.05) is 39.0 Å². The van der Waals surface area contributed by atoms with Crippen LogP contribution in [-0.4, -0.2) is 29.2 Å². The second-order valence-corrected chi connectivity index (χ2v) is 8.86. The number of fused-ring (bicyclic) bond motifs is 2. The maximum Gasteiger partial charge on any atom is 0.244 e. The highest BCUT2D eigenvalue weighted by molar-refractivity contribution is 6.07. The van der Waals surface area contributed by atoms with Crippen molar-refractivity contribution in [3.05, 3.63) is 54.6 Å². The average Bonchev–Trinajstić information content (AvgIpc) is 2.91. The number of likely N-dealkylation sites (tertiary alicyclic amines) is 1. The number of amides is 3. The minimum Gasteiger partial charge on any atom is -0.457 e. The molecule has 1 saturated heterocycles. The molecule has 0 spiro atoms. The van der Waals surface area contributed by atoms with Crippen molar-refractivity contribution in [2.24, 2.45) is 16.7 Å². The van der Waals surface area contributed by atoms with E-state index in [1.165, 1.54) is 0 Å². The van der Waals surface area contributed by atoms with Gasteiger partial charge in [-0.3, -0.25) is 19.3 Å². The Morgan fingerprint density at radius 3 is 2.33 bits per heavy atom. The Hall–Kier alpha value is -3.15. The molecule has 1 N–H and O–H groups in total. The Balaban J connectivity index is 1.40. The number of hydrogen-bond acceptors (Lipinski definition) is 4. The molecule has 4 rings (SSSR count). The minimum absolute atomic E-state index is 0.220. The SMILES string of the molecule is CC1(C)[C@@H]2CC[C@@]1(C)C(=O)N(CC(=O)Nc1ccc(Oc3ccccc3)cc1)C2=O. The normalized spacial score (nSPS) is 24.6. The van der Waals surface area contributed by atoms with Gasteiger partial charge < -0.3 is 10.1 Å². The first-order valence-corrected chi connectivity index (χ1v) is 10.2. The standard InChI is InChI=1S/C24H26N2O4/c1-23(2)19-13-14-24(23,3)22(29)26(21(19)28)15-20(27)25-16-9-11-18(12-10-16)30-17-7-5-4-6-8-17/h4-12,19H,13-15H2,1-3H3,(H,25,27)/t19-,24+/m1/s1. The third kappa shape index (κ3) is 3.26. The summed E-state index contributed by atoms with van der Waals surface area (Å²) in [5.41, 5.74) is -0.419. The van der Waals surface area contributed by atoms with Crippen LogP contribution >= 0.6 is 0 Å². The number of imide groups is 1. The molecule has 2 atom stereocenters. The molecule has 0 radical (unpaired) electrons. The molecule has 0 aromatic heterocycles. The summed E-state index contributed by atoms with van der Waals surface area (Å²) in [5, 5.41) is 2.76. The molecule has 2 aliphatic rings. The number of carbonyl (C=O) groups excluding carboxylic acids is 3. The first kappa shape index (κ1) is 20.1. The van der Waals surface area contributed by atoms with Crippen molar-refractivity contribution < 1.29 is 19.1 Å². The van der Waals surface area contributed by atoms with E-state index in [0.717, 1.165) is 10.6 Å². The Morgan fingerprint density at radius 2 is 1.67 bits per heavy atom. The number of anilines is 1. The number of benzene rings is 2. The summed E-state index contributed by atoms with van der Waals surface area (Å²) in [7, 11) is 0. The second kappa shape index (κ2) is 7.27. The molecule has 2 aromatic carbocycles. The van der Waals surface area contributed by atoms with Gasteiger partial charge in [0.25, 0.3) is 0 Å². The van der Waals surface area contributed by atoms with Crippen molar-refractivity contribution in [1.82, 2.24) is 4.90 Å². The number of para-hydroxylation sites is 1. The first-order valence-electron chi connectivity index (χ1n) is 10.2. The summed E-state index contributed by atoms with van der Waals surface area (Å²) >= 11 is 0. The van der Waals surface area contributed by atoms with E-state index in [-0.39, 0.29) is 29.7 Å². The molecule has 1 aliphatic carbocycles. The summed E-state index contributed by atoms with van der Waals surface area (Å²) in [5.74, 6) is 0.281. The molecule has 6 nitrogen and oxygen atoms in total. The third-order valence-corrected chi connectivity index (χ3v) is 6.93. The number of rotatable bonds is 5. The monoisotopic (exact) mass is 406 g/mol. The maximum atomic E-state index is 13.0. The summed E-state index contributed by atoms with van der Waals surface area (Å²) in [6.07, 6.45) is 1.37. The van der Waals surface area contributed by atoms with Gasteiger partial charge in [0.05, 0.1) is 5.41 Å². The first-order chi connectivity index (χ1) is 14.2. The molecular formula is C24H26N2O4. The van der Waals surface area contributed by atoms with Crippen molar-refractivity contribution in [2.45, 2.75) is 33.6 Å². The topological polar surface area (TPSA) is 75.7 Å². The molecule has 2 aromatic rings. The zero-order chi connectivity index (χ0) is 21.5. The molecule has 6 heteroatoms. The molecule has 1 heterocycles. The number of carbonyl (C=O) groups is 3. The van der Waals surface area contributed by atoms with E-state index < -0.39 is 11.3 Å². The van der Waals surface area contributed by atoms with E-state index in [1.807, 2.05) is 51.1 Å². The second-order valence-electron chi connectivity index (χ2n) is 8.86. The molecule has 2 fully saturated rings. The molecule has 156 valence electrons. The van der Waals surface area contributed by atoms with Crippen LogP contribution in [-0.2, 0) is 14.4 Å². The van der Waals surface area contributed by atoms with Crippen LogP contribution < -0.4 is 10.1 Å². The van der Waals surface area contributed by atoms with Crippen molar-refractivity contribution in [3.8, 4) is 11.5 Å². The fraction of sp³-hybridized carbons (Fsp3) is 0.375. The van der Waals surface area contributed by atoms with Crippen molar-refractivity contribution in [1.29, 1.82) is 0 Å². The Kier molecular flexibility index (Phi) is 4.88. The van der Waals surface area contributed by atoms with Gasteiger partial charge in [0.15, 0.2) is 0 Å². The van der Waals surface area contributed by atoms with Gasteiger partial charge in [-0.25, -0.2) is 0 Å². The largest absolute Gasteiger partial charge is 0.457 e. The van der Waals surface area contributed by atoms with Gasteiger partial charge >= 0.3 is 0 Å². The number of nitrogens with one attached hydrogen (secondary N) is 1. The average molecular weight is 406 g/mol. The van der Waals surface area contributed by atoms with E-state index in [9.17, 15) is 14.4 Å². The van der Waals surface area contributed by atoms with Gasteiger partial charge in [0.1, 0.15) is 18.0 Å². The summed E-state index contributed by atoms with van der Waals surface area (Å²) in [4.78, 5) is 39.6. The Labute approximate surface area is 176 Å². The van der Waals surface area contributed by atoms with Crippen LogP contribution in [0.1, 0.15) is 33.6 Å². The number of piperidine rings is 1. The number of hydrogen-bond donors (Lipinski definition) is 1. The van der Waals surface area contributed by atoms with Crippen LogP contribution in [0.5, 0.6) is 11.5 Å². The predicted octanol–water partition coefficient (Wildman–Crippen LogP) is 4.23. The third-order valence-electron chi connectivity index (χ3n) is 6.93. The lowest BCUT2D eigenvalue weighted by Crippen LogP contribution is -2.60. The highest BCUT2D eigenvalue weighted by Crippen LogP contribution is 2.59. The van der Waals surface area contributed by atoms with Gasteiger partial charge in [-0.15, -0.1) is 0 Å². The minimum atomic E-state index is -0.609. The number of ether oxygens (including phenoxy) is 1. The van der Waals surface area contributed by atoms with Crippen molar-refractivity contribution in [3.63, 3.8) is 0 Å². The fourth-order valence-electron chi connectivity index (χ4n) is 4.63. The lowest BCUT2D eigenvalue weighted by molar-refractivity contribution is -0.168. The van der Waals surface area contributed by atoms with Gasteiger partial charge in [0, 0.05) is 11.6 Å². The van der Waals surface area contributed by atoms with E-state index in [0.29, 0.717) is 24.3 Å². The lowest BCUT2D eigenvalue weighted by atomic mass is 9.62. The van der Waals surface area contributed by atoms with Crippen LogP contribution in [0.25, 0.3) is 0 Å². The van der Waals surface area contributed by atoms with E-state index in [1.54, 1.807) is 24.3 Å². The Bertz CT molecular complexity index is 984. The van der Waals surface area contributed by atoms with Crippen LogP contribution in [0.15, 0.2) is 54.6 Å². The highest BCUT2D eigenvalue weighted by Gasteiger charge is 2.64. The summed E-state index contributed by atoms with van der Waals surface area (Å²) in [6, 6.07) is 16.4. The van der Waals surface area contributed by atoms with Gasteiger partial charge in [-0.05, 0) is 54.7 Å². The quantitative estimate of drug-likeness (QED) is 0.754. The zero-order valence-corrected chi connectivity index (χ0v) is 17.5. The molecule has 0 unspecified atom stereocenters. The van der Waals surface area contributed by atoms with Crippen LogP contribution in [0.3, 0.4) is 0 Å². The molecule has 30 heavy (non-hydrogen) atoms. The lowest BCUT2D eigenvalue weighted by Gasteiger charge is -2.47. The molecule has 2 bridgehead atoms. The predicted molar refractivity (Wildman–Crippen MR) is 113 cm³/mol. The summed E-state index contributed by atoms with van der Waals surface area (Å²) in [6.45, 7) is 5.62. The molecule has 3 amide bonds. The highest BCUT2D eigenvalue weighted by atomic mass is 16.5. The summed E-state index contributed by atoms with van der Waals surface area (Å²) < 4.78 is 5.74. The van der Waals surface area contributed by atoms with E-state index in [4.69, 9.17) is 4.74 Å². The molecule has 1 aliphatic heterocycles. The van der Waals surface area contributed by atoms with Gasteiger partial charge in [0.2, 0.25) is 17.7 Å². The molecule has 1 saturated carbocycles. The maximum absolute atomic E-state index is 13.0. The number of nitrogens with zero attached hydrogens (tertiary/aromatic N) is 1. The van der Waals surface area contributed by atoms with Crippen molar-refractivity contribution in [2.75, 3.05) is 11.9 Å². The Morgan fingerprint density at radius 1 is 1.03 bits per heavy atom. The van der Waals surface area contributed by atoms with Crippen LogP contribution in [0.2, 0.25) is 0 Å². The van der Waals surface area contributed by atoms with Gasteiger partial charge in [-0.2, -0.15) is 0 Å². The zero-order valence-electron chi connectivity index (χ0n) is 17.5. The van der Waals surface area contributed by atoms with Crippen LogP contribution in [0, 0.1) is 16.7 Å².